The predicted octanol–water partition coefficient (Wildman–Crippen LogP) is 3.63. The van der Waals surface area contributed by atoms with Gasteiger partial charge in [0, 0.05) is 11.3 Å². The minimum atomic E-state index is -0.265. The monoisotopic (exact) mass is 235 g/mol. The van der Waals surface area contributed by atoms with Crippen molar-refractivity contribution in [3.8, 4) is 0 Å². The van der Waals surface area contributed by atoms with E-state index in [0.29, 0.717) is 6.42 Å². The van der Waals surface area contributed by atoms with Gasteiger partial charge < -0.3 is 0 Å². The lowest BCUT2D eigenvalue weighted by Gasteiger charge is -2.03. The zero-order valence-corrected chi connectivity index (χ0v) is 10.5. The van der Waals surface area contributed by atoms with Crippen molar-refractivity contribution in [2.45, 2.75) is 45.4 Å². The number of rotatable bonds is 8. The topological polar surface area (TPSA) is 43.1 Å². The Kier molecular flexibility index (Phi) is 6.30. The van der Waals surface area contributed by atoms with E-state index in [1.54, 1.807) is 0 Å². The van der Waals surface area contributed by atoms with E-state index in [4.69, 9.17) is 0 Å². The van der Waals surface area contributed by atoms with Gasteiger partial charge in [0.15, 0.2) is 0 Å². The Morgan fingerprint density at radius 2 is 1.59 bits per heavy atom. The van der Waals surface area contributed by atoms with Gasteiger partial charge in [0.1, 0.15) is 0 Å². The quantitative estimate of drug-likeness (QED) is 0.392. The zero-order chi connectivity index (χ0) is 12.5. The largest absolute Gasteiger partial charge is 0.265 e. The summed E-state index contributed by atoms with van der Waals surface area (Å²) in [7, 11) is 0. The van der Waals surface area contributed by atoms with Gasteiger partial charge in [-0.15, -0.1) is 0 Å². The maximum atomic E-state index is 10.2. The Bertz CT molecular complexity index is 333. The highest BCUT2D eigenvalue weighted by molar-refractivity contribution is 5.22. The molecule has 0 N–H and O–H groups in total. The van der Waals surface area contributed by atoms with Gasteiger partial charge in [-0.25, -0.2) is 0 Å². The van der Waals surface area contributed by atoms with Crippen LogP contribution in [0.15, 0.2) is 24.3 Å². The average Bonchev–Trinajstić information content (AvgIpc) is 2.33. The summed E-state index contributed by atoms with van der Waals surface area (Å²) in [5.41, 5.74) is 2.39. The Morgan fingerprint density at radius 1 is 1.00 bits per heavy atom. The summed E-state index contributed by atoms with van der Waals surface area (Å²) in [6, 6.07) is 8.22. The Morgan fingerprint density at radius 3 is 2.12 bits per heavy atom. The van der Waals surface area contributed by atoms with Crippen molar-refractivity contribution in [3.05, 3.63) is 45.5 Å². The minimum Gasteiger partial charge on any atom is -0.265 e. The van der Waals surface area contributed by atoms with Crippen molar-refractivity contribution >= 4 is 0 Å². The third kappa shape index (κ3) is 6.05. The maximum absolute atomic E-state index is 10.2. The van der Waals surface area contributed by atoms with Gasteiger partial charge in [-0.1, -0.05) is 50.5 Å². The molecule has 0 amide bonds. The number of unbranched alkanes of at least 4 members (excludes halogenated alkanes) is 3. The molecule has 0 radical (unpaired) electrons. The fourth-order valence-electron chi connectivity index (χ4n) is 1.85. The summed E-state index contributed by atoms with van der Waals surface area (Å²) in [5, 5.41) is 10.2. The Labute approximate surface area is 103 Å². The number of hydrogen-bond acceptors (Lipinski definition) is 2. The summed E-state index contributed by atoms with van der Waals surface area (Å²) in [4.78, 5) is 9.98. The Hall–Kier alpha value is -1.38. The van der Waals surface area contributed by atoms with Gasteiger partial charge in [0.25, 0.3) is 0 Å². The molecule has 94 valence electrons. The van der Waals surface area contributed by atoms with Gasteiger partial charge >= 0.3 is 0 Å². The van der Waals surface area contributed by atoms with Crippen LogP contribution in [-0.2, 0) is 12.8 Å². The van der Waals surface area contributed by atoms with Crippen molar-refractivity contribution in [3.63, 3.8) is 0 Å². The number of aryl methyl sites for hydroxylation is 1. The predicted molar refractivity (Wildman–Crippen MR) is 69.9 cm³/mol. The van der Waals surface area contributed by atoms with E-state index in [-0.39, 0.29) is 11.5 Å². The summed E-state index contributed by atoms with van der Waals surface area (Å²) in [5.74, 6) is 0. The molecule has 0 saturated heterocycles. The zero-order valence-electron chi connectivity index (χ0n) is 10.5. The van der Waals surface area contributed by atoms with Crippen LogP contribution in [-0.4, -0.2) is 11.5 Å². The van der Waals surface area contributed by atoms with E-state index in [1.165, 1.54) is 31.2 Å². The minimum absolute atomic E-state index is 0.0237. The molecule has 0 unspecified atom stereocenters. The van der Waals surface area contributed by atoms with Crippen molar-refractivity contribution in [2.75, 3.05) is 6.54 Å². The van der Waals surface area contributed by atoms with E-state index >= 15 is 0 Å². The van der Waals surface area contributed by atoms with Gasteiger partial charge in [0.05, 0.1) is 0 Å². The highest BCUT2D eigenvalue weighted by Gasteiger charge is 2.00. The first-order valence-corrected chi connectivity index (χ1v) is 6.42. The molecule has 1 aromatic rings. The van der Waals surface area contributed by atoms with Gasteiger partial charge in [-0.3, -0.25) is 10.1 Å². The van der Waals surface area contributed by atoms with E-state index in [0.717, 1.165) is 12.0 Å². The first kappa shape index (κ1) is 13.7. The Balaban J connectivity index is 2.31. The molecule has 1 rings (SSSR count). The van der Waals surface area contributed by atoms with Crippen LogP contribution in [0.3, 0.4) is 0 Å². The highest BCUT2D eigenvalue weighted by Crippen LogP contribution is 2.10. The van der Waals surface area contributed by atoms with Crippen LogP contribution in [0.4, 0.5) is 0 Å². The second-order valence-corrected chi connectivity index (χ2v) is 4.43. The normalized spacial score (nSPS) is 10.4. The van der Waals surface area contributed by atoms with E-state index in [2.05, 4.69) is 19.1 Å². The fourth-order valence-corrected chi connectivity index (χ4v) is 1.85. The average molecular weight is 235 g/mol. The van der Waals surface area contributed by atoms with Gasteiger partial charge in [-0.2, -0.15) is 0 Å². The molecule has 3 heteroatoms. The highest BCUT2D eigenvalue weighted by atomic mass is 16.6. The molecule has 0 heterocycles. The number of hydrogen-bond donors (Lipinski definition) is 0. The van der Waals surface area contributed by atoms with Crippen LogP contribution < -0.4 is 0 Å². The van der Waals surface area contributed by atoms with Crippen molar-refractivity contribution in [2.24, 2.45) is 0 Å². The van der Waals surface area contributed by atoms with Crippen LogP contribution in [0.1, 0.15) is 43.7 Å². The van der Waals surface area contributed by atoms with Crippen LogP contribution >= 0.6 is 0 Å². The molecule has 0 fully saturated rings. The lowest BCUT2D eigenvalue weighted by atomic mass is 10.0. The number of nitrogens with zero attached hydrogens (tertiary/aromatic N) is 1. The second-order valence-electron chi connectivity index (χ2n) is 4.43. The van der Waals surface area contributed by atoms with Gasteiger partial charge in [-0.05, 0) is 24.0 Å². The SMILES string of the molecule is CCCCCCc1ccc(CC[N+](=O)[O-])cc1. The third-order valence-corrected chi connectivity index (χ3v) is 2.93. The molecular weight excluding hydrogens is 214 g/mol. The van der Waals surface area contributed by atoms with Crippen LogP contribution in [0.25, 0.3) is 0 Å². The smallest absolute Gasteiger partial charge is 0.207 e. The second kappa shape index (κ2) is 7.82. The molecule has 1 aromatic carbocycles. The van der Waals surface area contributed by atoms with E-state index in [9.17, 15) is 10.1 Å². The molecule has 0 aliphatic carbocycles. The summed E-state index contributed by atoms with van der Waals surface area (Å²) in [6.07, 6.45) is 6.75. The lowest BCUT2D eigenvalue weighted by molar-refractivity contribution is -0.479. The van der Waals surface area contributed by atoms with Crippen LogP contribution in [0.5, 0.6) is 0 Å². The number of benzene rings is 1. The molecule has 0 spiro atoms. The molecule has 0 bridgehead atoms. The van der Waals surface area contributed by atoms with Crippen molar-refractivity contribution < 1.29 is 4.92 Å². The maximum Gasteiger partial charge on any atom is 0.207 e. The van der Waals surface area contributed by atoms with Crippen LogP contribution in [0.2, 0.25) is 0 Å². The molecule has 0 aliphatic rings. The molecule has 0 aromatic heterocycles. The van der Waals surface area contributed by atoms with Crippen molar-refractivity contribution in [1.82, 2.24) is 0 Å². The number of nitro groups is 1. The standard InChI is InChI=1S/C14H21NO2/c1-2-3-4-5-6-13-7-9-14(10-8-13)11-12-15(16)17/h7-10H,2-6,11-12H2,1H3. The molecule has 0 aliphatic heterocycles. The summed E-state index contributed by atoms with van der Waals surface area (Å²) < 4.78 is 0. The first-order valence-electron chi connectivity index (χ1n) is 6.42. The molecule has 0 saturated carbocycles. The molecule has 3 nitrogen and oxygen atoms in total. The van der Waals surface area contributed by atoms with Crippen molar-refractivity contribution in [1.29, 1.82) is 0 Å². The van der Waals surface area contributed by atoms with E-state index in [1.807, 2.05) is 12.1 Å². The van der Waals surface area contributed by atoms with E-state index < -0.39 is 0 Å². The van der Waals surface area contributed by atoms with Crippen LogP contribution in [0, 0.1) is 10.1 Å². The molecule has 17 heavy (non-hydrogen) atoms. The third-order valence-electron chi connectivity index (χ3n) is 2.93. The summed E-state index contributed by atoms with van der Waals surface area (Å²) >= 11 is 0. The van der Waals surface area contributed by atoms with Gasteiger partial charge in [0.2, 0.25) is 6.54 Å². The first-order chi connectivity index (χ1) is 8.22. The summed E-state index contributed by atoms with van der Waals surface area (Å²) in [6.45, 7) is 2.24. The lowest BCUT2D eigenvalue weighted by Crippen LogP contribution is -2.03. The fraction of sp³-hybridized carbons (Fsp3) is 0.571. The molecular formula is C14H21NO2. The molecule has 0 atom stereocenters.